The molecule has 0 aromatic carbocycles. The van der Waals surface area contributed by atoms with Crippen molar-refractivity contribution in [3.8, 4) is 11.9 Å². The Hall–Kier alpha value is -2.35. The number of hydrogen-bond acceptors (Lipinski definition) is 4. The molecule has 2 heterocycles. The lowest BCUT2D eigenvalue weighted by atomic mass is 9.95. The molecule has 1 aliphatic carbocycles. The van der Waals surface area contributed by atoms with Crippen LogP contribution in [0.3, 0.4) is 0 Å². The van der Waals surface area contributed by atoms with Crippen molar-refractivity contribution < 1.29 is 0 Å². The number of nitrogens with zero attached hydrogens (tertiary/aromatic N) is 4. The number of nitrogens with two attached hydrogens (primary N) is 1. The van der Waals surface area contributed by atoms with Gasteiger partial charge >= 0.3 is 0 Å². The Morgan fingerprint density at radius 3 is 2.84 bits per heavy atom. The summed E-state index contributed by atoms with van der Waals surface area (Å²) in [6, 6.07) is 4.16. The van der Waals surface area contributed by atoms with Crippen molar-refractivity contribution in [3.05, 3.63) is 34.6 Å². The second kappa shape index (κ2) is 4.39. The highest BCUT2D eigenvalue weighted by Gasteiger charge is 2.17. The highest BCUT2D eigenvalue weighted by molar-refractivity contribution is 5.49. The number of hydrogen-bond donors (Lipinski definition) is 1. The number of rotatable bonds is 1. The zero-order valence-electron chi connectivity index (χ0n) is 10.8. The third-order valence-electron chi connectivity index (χ3n) is 3.55. The Balaban J connectivity index is 2.17. The van der Waals surface area contributed by atoms with E-state index >= 15 is 0 Å². The highest BCUT2D eigenvalue weighted by atomic mass is 15.3. The van der Waals surface area contributed by atoms with Crippen LogP contribution in [0.25, 0.3) is 5.82 Å². The molecule has 0 bridgehead atoms. The second-order valence-corrected chi connectivity index (χ2v) is 4.93. The lowest BCUT2D eigenvalue weighted by Gasteiger charge is -2.16. The number of fused-ring (bicyclic) bond motifs is 1. The molecule has 3 rings (SSSR count). The number of anilines is 1. The Bertz CT molecular complexity index is 658. The minimum Gasteiger partial charge on any atom is -0.382 e. The molecule has 2 aromatic rings. The summed E-state index contributed by atoms with van der Waals surface area (Å²) in [5.41, 5.74) is 9.50. The second-order valence-electron chi connectivity index (χ2n) is 4.93. The van der Waals surface area contributed by atoms with E-state index in [1.54, 1.807) is 4.68 Å². The van der Waals surface area contributed by atoms with Crippen LogP contribution in [0.1, 0.15) is 35.2 Å². The van der Waals surface area contributed by atoms with E-state index < -0.39 is 0 Å². The first-order valence-corrected chi connectivity index (χ1v) is 6.44. The fourth-order valence-corrected chi connectivity index (χ4v) is 2.46. The zero-order chi connectivity index (χ0) is 13.4. The molecule has 0 fully saturated rings. The van der Waals surface area contributed by atoms with Crippen LogP contribution < -0.4 is 5.73 Å². The monoisotopic (exact) mass is 253 g/mol. The quantitative estimate of drug-likeness (QED) is 0.841. The smallest absolute Gasteiger partial charge is 0.171 e. The van der Waals surface area contributed by atoms with E-state index in [-0.39, 0.29) is 0 Å². The summed E-state index contributed by atoms with van der Waals surface area (Å²) in [6.45, 7) is 1.89. The van der Waals surface area contributed by atoms with Crippen LogP contribution in [0.15, 0.2) is 12.3 Å². The van der Waals surface area contributed by atoms with E-state index in [9.17, 15) is 5.26 Å². The molecule has 0 radical (unpaired) electrons. The van der Waals surface area contributed by atoms with E-state index in [1.807, 2.05) is 19.2 Å². The summed E-state index contributed by atoms with van der Waals surface area (Å²) in [7, 11) is 0. The molecule has 0 aliphatic heterocycles. The molecular formula is C14H15N5. The summed E-state index contributed by atoms with van der Waals surface area (Å²) in [5.74, 6) is 1.06. The Kier molecular flexibility index (Phi) is 2.71. The summed E-state index contributed by atoms with van der Waals surface area (Å²) in [4.78, 5) is 4.63. The van der Waals surface area contributed by atoms with Gasteiger partial charge in [-0.3, -0.25) is 0 Å². The molecule has 0 saturated heterocycles. The number of nitrogen functional groups attached to an aromatic ring is 1. The Morgan fingerprint density at radius 2 is 2.16 bits per heavy atom. The summed E-state index contributed by atoms with van der Waals surface area (Å²) in [6.07, 6.45) is 6.13. The normalized spacial score (nSPS) is 13.9. The standard InChI is InChI=1S/C14H15N5/c1-9-8-19(18-13(9)16)14-11(7-15)6-10-4-2-3-5-12(10)17-14/h6,8H,2-5H2,1H3,(H2,16,18). The van der Waals surface area contributed by atoms with Gasteiger partial charge in [0.2, 0.25) is 0 Å². The maximum Gasteiger partial charge on any atom is 0.171 e. The van der Waals surface area contributed by atoms with Gasteiger partial charge < -0.3 is 5.73 Å². The van der Waals surface area contributed by atoms with Crippen molar-refractivity contribution in [1.29, 1.82) is 5.26 Å². The zero-order valence-corrected chi connectivity index (χ0v) is 10.8. The van der Waals surface area contributed by atoms with Gasteiger partial charge in [-0.05, 0) is 44.2 Å². The van der Waals surface area contributed by atoms with Crippen LogP contribution in [0.5, 0.6) is 0 Å². The number of nitriles is 1. The molecule has 0 saturated carbocycles. The van der Waals surface area contributed by atoms with Gasteiger partial charge in [-0.25, -0.2) is 9.67 Å². The third-order valence-corrected chi connectivity index (χ3v) is 3.55. The summed E-state index contributed by atoms with van der Waals surface area (Å²) < 4.78 is 1.61. The van der Waals surface area contributed by atoms with Crippen LogP contribution >= 0.6 is 0 Å². The first-order chi connectivity index (χ1) is 9.19. The predicted molar refractivity (Wildman–Crippen MR) is 71.9 cm³/mol. The van der Waals surface area contributed by atoms with E-state index in [0.717, 1.165) is 30.5 Å². The molecule has 19 heavy (non-hydrogen) atoms. The molecule has 0 atom stereocenters. The first-order valence-electron chi connectivity index (χ1n) is 6.44. The summed E-state index contributed by atoms with van der Waals surface area (Å²) >= 11 is 0. The van der Waals surface area contributed by atoms with Gasteiger partial charge in [-0.2, -0.15) is 5.26 Å². The van der Waals surface area contributed by atoms with Crippen LogP contribution in [0.2, 0.25) is 0 Å². The SMILES string of the molecule is Cc1cn(-c2nc3c(cc2C#N)CCCC3)nc1N. The third kappa shape index (κ3) is 1.95. The van der Waals surface area contributed by atoms with Crippen LogP contribution in [-0.2, 0) is 12.8 Å². The Labute approximate surface area is 111 Å². The molecule has 5 nitrogen and oxygen atoms in total. The lowest BCUT2D eigenvalue weighted by molar-refractivity contribution is 0.661. The fourth-order valence-electron chi connectivity index (χ4n) is 2.46. The van der Waals surface area contributed by atoms with E-state index in [1.165, 1.54) is 12.0 Å². The highest BCUT2D eigenvalue weighted by Crippen LogP contribution is 2.24. The molecule has 96 valence electrons. The number of aryl methyl sites for hydroxylation is 3. The average Bonchev–Trinajstić information content (AvgIpc) is 2.77. The van der Waals surface area contributed by atoms with E-state index in [2.05, 4.69) is 16.2 Å². The van der Waals surface area contributed by atoms with Gasteiger partial charge in [0.25, 0.3) is 0 Å². The molecule has 2 N–H and O–H groups in total. The van der Waals surface area contributed by atoms with E-state index in [0.29, 0.717) is 17.2 Å². The van der Waals surface area contributed by atoms with Gasteiger partial charge in [0.05, 0.1) is 5.56 Å². The Morgan fingerprint density at radius 1 is 1.37 bits per heavy atom. The fraction of sp³-hybridized carbons (Fsp3) is 0.357. The molecule has 0 unspecified atom stereocenters. The largest absolute Gasteiger partial charge is 0.382 e. The molecule has 1 aliphatic rings. The predicted octanol–water partition coefficient (Wildman–Crippen LogP) is 1.91. The van der Waals surface area contributed by atoms with Crippen molar-refractivity contribution >= 4 is 5.82 Å². The van der Waals surface area contributed by atoms with Crippen molar-refractivity contribution in [2.75, 3.05) is 5.73 Å². The van der Waals surface area contributed by atoms with Crippen molar-refractivity contribution in [2.24, 2.45) is 0 Å². The number of pyridine rings is 1. The molecule has 0 spiro atoms. The minimum absolute atomic E-state index is 0.475. The maximum atomic E-state index is 9.30. The molecular weight excluding hydrogens is 238 g/mol. The lowest BCUT2D eigenvalue weighted by Crippen LogP contribution is -2.11. The van der Waals surface area contributed by atoms with Gasteiger partial charge in [-0.15, -0.1) is 5.10 Å². The van der Waals surface area contributed by atoms with Gasteiger partial charge in [0.1, 0.15) is 11.9 Å². The van der Waals surface area contributed by atoms with Crippen molar-refractivity contribution in [1.82, 2.24) is 14.8 Å². The maximum absolute atomic E-state index is 9.30. The van der Waals surface area contributed by atoms with Crippen molar-refractivity contribution in [2.45, 2.75) is 32.6 Å². The van der Waals surface area contributed by atoms with Gasteiger partial charge in [0, 0.05) is 17.5 Å². The summed E-state index contributed by atoms with van der Waals surface area (Å²) in [5, 5.41) is 13.5. The minimum atomic E-state index is 0.475. The topological polar surface area (TPSA) is 80.5 Å². The molecule has 2 aromatic heterocycles. The molecule has 5 heteroatoms. The average molecular weight is 253 g/mol. The molecule has 0 amide bonds. The number of aromatic nitrogens is 3. The van der Waals surface area contributed by atoms with Gasteiger partial charge in [-0.1, -0.05) is 0 Å². The van der Waals surface area contributed by atoms with E-state index in [4.69, 9.17) is 5.73 Å². The first kappa shape index (κ1) is 11.7. The van der Waals surface area contributed by atoms with Crippen LogP contribution in [-0.4, -0.2) is 14.8 Å². The van der Waals surface area contributed by atoms with Crippen LogP contribution in [0.4, 0.5) is 5.82 Å². The van der Waals surface area contributed by atoms with Crippen LogP contribution in [0, 0.1) is 18.3 Å². The van der Waals surface area contributed by atoms with Crippen molar-refractivity contribution in [3.63, 3.8) is 0 Å². The van der Waals surface area contributed by atoms with Gasteiger partial charge in [0.15, 0.2) is 5.82 Å².